The van der Waals surface area contributed by atoms with Crippen LogP contribution in [0.5, 0.6) is 0 Å². The number of carbonyl (C=O) groups is 1. The van der Waals surface area contributed by atoms with Crippen molar-refractivity contribution in [2.75, 3.05) is 11.0 Å². The number of sulfonamides is 1. The van der Waals surface area contributed by atoms with Gasteiger partial charge in [-0.3, -0.25) is 19.1 Å². The molecule has 0 saturated carbocycles. The Labute approximate surface area is 195 Å². The molecule has 33 heavy (non-hydrogen) atoms. The number of anilines is 1. The Morgan fingerprint density at radius 2 is 1.94 bits per heavy atom. The predicted molar refractivity (Wildman–Crippen MR) is 126 cm³/mol. The van der Waals surface area contributed by atoms with Gasteiger partial charge < -0.3 is 4.42 Å². The van der Waals surface area contributed by atoms with Crippen molar-refractivity contribution in [2.45, 2.75) is 23.9 Å². The average Bonchev–Trinajstić information content (AvgIpc) is 3.44. The summed E-state index contributed by atoms with van der Waals surface area (Å²) < 4.78 is 32.5. The van der Waals surface area contributed by atoms with E-state index in [-0.39, 0.29) is 5.78 Å². The number of furan rings is 1. The molecule has 1 N–H and O–H groups in total. The van der Waals surface area contributed by atoms with Gasteiger partial charge in [-0.25, -0.2) is 8.42 Å². The molecule has 0 bridgehead atoms. The van der Waals surface area contributed by atoms with E-state index >= 15 is 0 Å². The van der Waals surface area contributed by atoms with Gasteiger partial charge in [-0.2, -0.15) is 0 Å². The standard InChI is InChI=1S/C22H21N5O4S2/c1-15(20(28)16-7-9-18(10-8-16)26-33(2,29)30)32-22-25-24-21(17-5-3-11-23-13-17)27(22)14-19-6-4-12-31-19/h3-13,15,26H,14H2,1-2H3. The lowest BCUT2D eigenvalue weighted by Crippen LogP contribution is -2.15. The summed E-state index contributed by atoms with van der Waals surface area (Å²) in [5.74, 6) is 1.24. The fraction of sp³-hybridized carbons (Fsp3) is 0.182. The highest BCUT2D eigenvalue weighted by Crippen LogP contribution is 2.29. The van der Waals surface area contributed by atoms with Crippen molar-refractivity contribution in [3.8, 4) is 11.4 Å². The van der Waals surface area contributed by atoms with Crippen LogP contribution in [0.4, 0.5) is 5.69 Å². The van der Waals surface area contributed by atoms with Crippen LogP contribution in [0, 0.1) is 0 Å². The number of ketones is 1. The van der Waals surface area contributed by atoms with Gasteiger partial charge in [0, 0.05) is 29.2 Å². The molecule has 0 spiro atoms. The normalized spacial score (nSPS) is 12.4. The van der Waals surface area contributed by atoms with Gasteiger partial charge in [0.1, 0.15) is 5.76 Å². The van der Waals surface area contributed by atoms with E-state index in [9.17, 15) is 13.2 Å². The molecule has 0 fully saturated rings. The minimum atomic E-state index is -3.38. The first-order chi connectivity index (χ1) is 15.8. The Hall–Kier alpha value is -3.44. The summed E-state index contributed by atoms with van der Waals surface area (Å²) in [6.07, 6.45) is 6.07. The van der Waals surface area contributed by atoms with E-state index in [1.807, 2.05) is 28.8 Å². The highest BCUT2D eigenvalue weighted by atomic mass is 32.2. The molecule has 0 aliphatic rings. The van der Waals surface area contributed by atoms with Crippen molar-refractivity contribution in [2.24, 2.45) is 0 Å². The number of benzene rings is 1. The Morgan fingerprint density at radius 1 is 1.15 bits per heavy atom. The second kappa shape index (κ2) is 9.59. The van der Waals surface area contributed by atoms with Crippen molar-refractivity contribution in [1.82, 2.24) is 19.7 Å². The summed E-state index contributed by atoms with van der Waals surface area (Å²) in [6, 6.07) is 13.7. The first-order valence-corrected chi connectivity index (χ1v) is 12.7. The number of carbonyl (C=O) groups excluding carboxylic acids is 1. The molecule has 0 radical (unpaired) electrons. The minimum Gasteiger partial charge on any atom is -0.467 e. The Bertz CT molecular complexity index is 1340. The number of thioether (sulfide) groups is 1. The number of Topliss-reactive ketones (excluding diaryl/α,β-unsaturated/α-hetero) is 1. The summed E-state index contributed by atoms with van der Waals surface area (Å²) in [4.78, 5) is 17.2. The fourth-order valence-electron chi connectivity index (χ4n) is 3.15. The lowest BCUT2D eigenvalue weighted by Gasteiger charge is -2.13. The van der Waals surface area contributed by atoms with Gasteiger partial charge in [-0.1, -0.05) is 11.8 Å². The van der Waals surface area contributed by atoms with Gasteiger partial charge in [0.2, 0.25) is 10.0 Å². The average molecular weight is 484 g/mol. The molecule has 11 heteroatoms. The maximum absolute atomic E-state index is 13.0. The number of nitrogens with one attached hydrogen (secondary N) is 1. The first-order valence-electron chi connectivity index (χ1n) is 9.95. The summed E-state index contributed by atoms with van der Waals surface area (Å²) in [5.41, 5.74) is 1.67. The molecule has 1 atom stereocenters. The zero-order chi connectivity index (χ0) is 23.4. The van der Waals surface area contributed by atoms with Crippen LogP contribution < -0.4 is 4.72 Å². The quantitative estimate of drug-likeness (QED) is 0.283. The largest absolute Gasteiger partial charge is 0.467 e. The molecule has 0 aliphatic heterocycles. The van der Waals surface area contributed by atoms with Crippen LogP contribution in [0.3, 0.4) is 0 Å². The van der Waals surface area contributed by atoms with Gasteiger partial charge >= 0.3 is 0 Å². The minimum absolute atomic E-state index is 0.110. The second-order valence-electron chi connectivity index (χ2n) is 7.29. The molecule has 3 aromatic heterocycles. The molecular weight excluding hydrogens is 462 g/mol. The number of pyridine rings is 1. The molecule has 9 nitrogen and oxygen atoms in total. The van der Waals surface area contributed by atoms with Crippen LogP contribution in [-0.2, 0) is 16.6 Å². The van der Waals surface area contributed by atoms with E-state index in [0.29, 0.717) is 28.8 Å². The molecular formula is C22H21N5O4S2. The SMILES string of the molecule is CC(Sc1nnc(-c2cccnc2)n1Cc1ccco1)C(=O)c1ccc(NS(C)(=O)=O)cc1. The number of rotatable bonds is 9. The zero-order valence-corrected chi connectivity index (χ0v) is 19.5. The number of nitrogens with zero attached hydrogens (tertiary/aromatic N) is 4. The Morgan fingerprint density at radius 3 is 2.58 bits per heavy atom. The van der Waals surface area contributed by atoms with Crippen molar-refractivity contribution < 1.29 is 17.6 Å². The number of aromatic nitrogens is 4. The van der Waals surface area contributed by atoms with Crippen molar-refractivity contribution in [3.63, 3.8) is 0 Å². The van der Waals surface area contributed by atoms with Crippen molar-refractivity contribution in [1.29, 1.82) is 0 Å². The Balaban J connectivity index is 1.56. The molecule has 1 aromatic carbocycles. The van der Waals surface area contributed by atoms with E-state index in [2.05, 4.69) is 19.9 Å². The predicted octanol–water partition coefficient (Wildman–Crippen LogP) is 3.72. The summed E-state index contributed by atoms with van der Waals surface area (Å²) >= 11 is 1.29. The van der Waals surface area contributed by atoms with E-state index in [0.717, 1.165) is 17.6 Å². The van der Waals surface area contributed by atoms with E-state index in [1.54, 1.807) is 49.8 Å². The third kappa shape index (κ3) is 5.68. The van der Waals surface area contributed by atoms with E-state index < -0.39 is 15.3 Å². The number of hydrogen-bond acceptors (Lipinski definition) is 8. The second-order valence-corrected chi connectivity index (χ2v) is 10.3. The lowest BCUT2D eigenvalue weighted by molar-refractivity contribution is 0.0994. The topological polar surface area (TPSA) is 120 Å². The van der Waals surface area contributed by atoms with Gasteiger partial charge in [0.25, 0.3) is 0 Å². The molecule has 1 unspecified atom stereocenters. The van der Waals surface area contributed by atoms with Crippen LogP contribution in [0.2, 0.25) is 0 Å². The number of hydrogen-bond donors (Lipinski definition) is 1. The van der Waals surface area contributed by atoms with Gasteiger partial charge in [0.15, 0.2) is 16.8 Å². The molecule has 0 amide bonds. The lowest BCUT2D eigenvalue weighted by atomic mass is 10.1. The van der Waals surface area contributed by atoms with Crippen LogP contribution >= 0.6 is 11.8 Å². The third-order valence-corrected chi connectivity index (χ3v) is 6.34. The van der Waals surface area contributed by atoms with Gasteiger partial charge in [-0.15, -0.1) is 10.2 Å². The van der Waals surface area contributed by atoms with Crippen LogP contribution in [-0.4, -0.2) is 45.5 Å². The highest BCUT2D eigenvalue weighted by Gasteiger charge is 2.22. The monoisotopic (exact) mass is 483 g/mol. The van der Waals surface area contributed by atoms with Crippen LogP contribution in [0.25, 0.3) is 11.4 Å². The maximum atomic E-state index is 13.0. The van der Waals surface area contributed by atoms with Gasteiger partial charge in [0.05, 0.1) is 24.3 Å². The first kappa shape index (κ1) is 22.7. The molecule has 3 heterocycles. The van der Waals surface area contributed by atoms with E-state index in [1.165, 1.54) is 11.8 Å². The zero-order valence-electron chi connectivity index (χ0n) is 17.9. The van der Waals surface area contributed by atoms with Crippen LogP contribution in [0.1, 0.15) is 23.0 Å². The van der Waals surface area contributed by atoms with Crippen molar-refractivity contribution in [3.05, 3.63) is 78.5 Å². The van der Waals surface area contributed by atoms with Gasteiger partial charge in [-0.05, 0) is 55.5 Å². The smallest absolute Gasteiger partial charge is 0.229 e. The molecule has 4 aromatic rings. The summed E-state index contributed by atoms with van der Waals surface area (Å²) in [7, 11) is -3.38. The maximum Gasteiger partial charge on any atom is 0.229 e. The molecule has 170 valence electrons. The van der Waals surface area contributed by atoms with Crippen molar-refractivity contribution >= 4 is 33.3 Å². The van der Waals surface area contributed by atoms with Crippen LogP contribution in [0.15, 0.2) is 76.8 Å². The highest BCUT2D eigenvalue weighted by molar-refractivity contribution is 8.00. The third-order valence-electron chi connectivity index (χ3n) is 4.65. The molecule has 0 saturated heterocycles. The summed E-state index contributed by atoms with van der Waals surface area (Å²) in [5, 5.41) is 8.77. The van der Waals surface area contributed by atoms with E-state index in [4.69, 9.17) is 4.42 Å². The molecule has 4 rings (SSSR count). The Kier molecular flexibility index (Phi) is 6.61. The fourth-order valence-corrected chi connectivity index (χ4v) is 4.64. The molecule has 0 aliphatic carbocycles. The summed E-state index contributed by atoms with van der Waals surface area (Å²) in [6.45, 7) is 2.20.